The lowest BCUT2D eigenvalue weighted by atomic mass is 9.95. The number of imidazole rings is 1. The molecular weight excluding hydrogens is 340 g/mol. The maximum Gasteiger partial charge on any atom is 0.227 e. The molecule has 1 aliphatic heterocycles. The summed E-state index contributed by atoms with van der Waals surface area (Å²) in [5, 5.41) is 2.99. The van der Waals surface area contributed by atoms with Crippen LogP contribution in [0.1, 0.15) is 19.8 Å². The maximum atomic E-state index is 12.5. The van der Waals surface area contributed by atoms with Gasteiger partial charge in [0.1, 0.15) is 5.65 Å². The molecule has 0 unspecified atom stereocenters. The summed E-state index contributed by atoms with van der Waals surface area (Å²) in [6, 6.07) is 13.6. The second-order valence-corrected chi connectivity index (χ2v) is 6.94. The van der Waals surface area contributed by atoms with Crippen molar-refractivity contribution in [1.29, 1.82) is 0 Å². The number of carbonyl (C=O) groups is 2. The third-order valence-electron chi connectivity index (χ3n) is 5.12. The van der Waals surface area contributed by atoms with Gasteiger partial charge in [-0.05, 0) is 37.1 Å². The fourth-order valence-electron chi connectivity index (χ4n) is 3.50. The van der Waals surface area contributed by atoms with E-state index in [0.717, 1.165) is 22.6 Å². The molecule has 1 fully saturated rings. The zero-order chi connectivity index (χ0) is 18.8. The van der Waals surface area contributed by atoms with Crippen LogP contribution in [0.15, 0.2) is 54.9 Å². The van der Waals surface area contributed by atoms with Crippen LogP contribution in [0.2, 0.25) is 0 Å². The minimum Gasteiger partial charge on any atom is -0.343 e. The molecule has 0 aliphatic carbocycles. The van der Waals surface area contributed by atoms with E-state index in [1.165, 1.54) is 0 Å². The van der Waals surface area contributed by atoms with E-state index in [-0.39, 0.29) is 17.7 Å². The molecule has 2 aromatic heterocycles. The standard InChI is InChI=1S/C21H22N4O2/c1-15(26)24-12-9-17(10-13-24)21(27)22-18-7-5-16(6-8-18)19-14-25-11-3-2-4-20(25)23-19/h2-8,11,14,17H,9-10,12-13H2,1H3,(H,22,27). The van der Waals surface area contributed by atoms with Gasteiger partial charge in [-0.1, -0.05) is 18.2 Å². The number of rotatable bonds is 3. The van der Waals surface area contributed by atoms with Crippen LogP contribution in [-0.2, 0) is 9.59 Å². The average molecular weight is 362 g/mol. The van der Waals surface area contributed by atoms with Crippen molar-refractivity contribution in [3.8, 4) is 11.3 Å². The van der Waals surface area contributed by atoms with Gasteiger partial charge in [0, 0.05) is 49.6 Å². The minimum atomic E-state index is -0.0429. The van der Waals surface area contributed by atoms with Crippen LogP contribution in [0.5, 0.6) is 0 Å². The van der Waals surface area contributed by atoms with E-state index >= 15 is 0 Å². The highest BCUT2D eigenvalue weighted by Crippen LogP contribution is 2.23. The number of pyridine rings is 1. The third kappa shape index (κ3) is 3.69. The lowest BCUT2D eigenvalue weighted by molar-refractivity contribution is -0.132. The van der Waals surface area contributed by atoms with Gasteiger partial charge in [0.2, 0.25) is 11.8 Å². The van der Waals surface area contributed by atoms with Crippen LogP contribution in [0.4, 0.5) is 5.69 Å². The molecule has 4 rings (SSSR count). The van der Waals surface area contributed by atoms with E-state index < -0.39 is 0 Å². The second kappa shape index (κ2) is 7.23. The Morgan fingerprint density at radius 2 is 1.81 bits per heavy atom. The van der Waals surface area contributed by atoms with Crippen molar-refractivity contribution in [3.05, 3.63) is 54.9 Å². The highest BCUT2D eigenvalue weighted by molar-refractivity contribution is 5.93. The van der Waals surface area contributed by atoms with Crippen molar-refractivity contribution in [2.24, 2.45) is 5.92 Å². The summed E-state index contributed by atoms with van der Waals surface area (Å²) in [6.45, 7) is 2.88. The van der Waals surface area contributed by atoms with E-state index in [1.54, 1.807) is 11.8 Å². The topological polar surface area (TPSA) is 66.7 Å². The first-order valence-corrected chi connectivity index (χ1v) is 9.21. The van der Waals surface area contributed by atoms with Crippen molar-refractivity contribution in [1.82, 2.24) is 14.3 Å². The van der Waals surface area contributed by atoms with Crippen molar-refractivity contribution in [2.45, 2.75) is 19.8 Å². The zero-order valence-electron chi connectivity index (χ0n) is 15.3. The monoisotopic (exact) mass is 362 g/mol. The molecule has 3 aromatic rings. The Kier molecular flexibility index (Phi) is 4.62. The number of likely N-dealkylation sites (tertiary alicyclic amines) is 1. The van der Waals surface area contributed by atoms with Gasteiger partial charge in [0.15, 0.2) is 0 Å². The molecule has 0 spiro atoms. The molecule has 0 radical (unpaired) electrons. The van der Waals surface area contributed by atoms with Crippen molar-refractivity contribution in [2.75, 3.05) is 18.4 Å². The summed E-state index contributed by atoms with van der Waals surface area (Å²) in [5.74, 6) is 0.0637. The number of anilines is 1. The number of amides is 2. The van der Waals surface area contributed by atoms with Crippen LogP contribution in [-0.4, -0.2) is 39.2 Å². The SMILES string of the molecule is CC(=O)N1CCC(C(=O)Nc2ccc(-c3cn4ccccc4n3)cc2)CC1. The molecule has 0 atom stereocenters. The molecule has 6 heteroatoms. The van der Waals surface area contributed by atoms with Gasteiger partial charge in [-0.15, -0.1) is 0 Å². The molecule has 1 aromatic carbocycles. The second-order valence-electron chi connectivity index (χ2n) is 6.94. The fourth-order valence-corrected chi connectivity index (χ4v) is 3.50. The largest absolute Gasteiger partial charge is 0.343 e. The Hall–Kier alpha value is -3.15. The number of carbonyl (C=O) groups excluding carboxylic acids is 2. The van der Waals surface area contributed by atoms with Crippen molar-refractivity contribution < 1.29 is 9.59 Å². The summed E-state index contributed by atoms with van der Waals surface area (Å²) in [5.41, 5.74) is 3.59. The molecule has 0 saturated carbocycles. The van der Waals surface area contributed by atoms with E-state index in [9.17, 15) is 9.59 Å². The van der Waals surface area contributed by atoms with E-state index in [1.807, 2.05) is 59.3 Å². The average Bonchev–Trinajstić information content (AvgIpc) is 3.13. The molecule has 27 heavy (non-hydrogen) atoms. The Labute approximate surface area is 157 Å². The Morgan fingerprint density at radius 3 is 2.48 bits per heavy atom. The number of hydrogen-bond donors (Lipinski definition) is 1. The predicted molar refractivity (Wildman–Crippen MR) is 104 cm³/mol. The van der Waals surface area contributed by atoms with Gasteiger partial charge in [-0.25, -0.2) is 4.98 Å². The fraction of sp³-hybridized carbons (Fsp3) is 0.286. The number of nitrogens with zero attached hydrogens (tertiary/aromatic N) is 3. The quantitative estimate of drug-likeness (QED) is 0.778. The molecule has 1 aliphatic rings. The number of nitrogens with one attached hydrogen (secondary N) is 1. The van der Waals surface area contributed by atoms with Gasteiger partial charge >= 0.3 is 0 Å². The molecule has 2 amide bonds. The van der Waals surface area contributed by atoms with Crippen LogP contribution < -0.4 is 5.32 Å². The summed E-state index contributed by atoms with van der Waals surface area (Å²) in [7, 11) is 0. The smallest absolute Gasteiger partial charge is 0.227 e. The number of fused-ring (bicyclic) bond motifs is 1. The zero-order valence-corrected chi connectivity index (χ0v) is 15.3. The predicted octanol–water partition coefficient (Wildman–Crippen LogP) is 3.20. The highest BCUT2D eigenvalue weighted by atomic mass is 16.2. The van der Waals surface area contributed by atoms with Crippen LogP contribution in [0.25, 0.3) is 16.9 Å². The molecule has 1 N–H and O–H groups in total. The first kappa shape index (κ1) is 17.3. The van der Waals surface area contributed by atoms with Crippen LogP contribution in [0, 0.1) is 5.92 Å². The highest BCUT2D eigenvalue weighted by Gasteiger charge is 2.26. The van der Waals surface area contributed by atoms with E-state index in [0.29, 0.717) is 25.9 Å². The van der Waals surface area contributed by atoms with Gasteiger partial charge < -0.3 is 14.6 Å². The van der Waals surface area contributed by atoms with Crippen molar-refractivity contribution >= 4 is 23.1 Å². The van der Waals surface area contributed by atoms with Gasteiger partial charge in [-0.2, -0.15) is 0 Å². The normalized spacial score (nSPS) is 15.1. The molecule has 3 heterocycles. The summed E-state index contributed by atoms with van der Waals surface area (Å²) < 4.78 is 1.98. The minimum absolute atomic E-state index is 0.0266. The third-order valence-corrected chi connectivity index (χ3v) is 5.12. The molecule has 1 saturated heterocycles. The van der Waals surface area contributed by atoms with Crippen LogP contribution in [0.3, 0.4) is 0 Å². The number of piperidine rings is 1. The van der Waals surface area contributed by atoms with Gasteiger partial charge in [0.05, 0.1) is 5.69 Å². The van der Waals surface area contributed by atoms with E-state index in [4.69, 9.17) is 0 Å². The first-order valence-electron chi connectivity index (χ1n) is 9.21. The summed E-state index contributed by atoms with van der Waals surface area (Å²) in [4.78, 5) is 30.3. The molecule has 6 nitrogen and oxygen atoms in total. The number of aromatic nitrogens is 2. The molecular formula is C21H22N4O2. The van der Waals surface area contributed by atoms with Gasteiger partial charge in [0.25, 0.3) is 0 Å². The number of hydrogen-bond acceptors (Lipinski definition) is 3. The van der Waals surface area contributed by atoms with Crippen molar-refractivity contribution in [3.63, 3.8) is 0 Å². The van der Waals surface area contributed by atoms with E-state index in [2.05, 4.69) is 10.3 Å². The molecule has 138 valence electrons. The maximum absolute atomic E-state index is 12.5. The Morgan fingerprint density at radius 1 is 1.07 bits per heavy atom. The Balaban J connectivity index is 1.40. The lowest BCUT2D eigenvalue weighted by Crippen LogP contribution is -2.40. The van der Waals surface area contributed by atoms with Gasteiger partial charge in [-0.3, -0.25) is 9.59 Å². The Bertz CT molecular complexity index is 936. The summed E-state index contributed by atoms with van der Waals surface area (Å²) in [6.07, 6.45) is 5.39. The lowest BCUT2D eigenvalue weighted by Gasteiger charge is -2.30. The summed E-state index contributed by atoms with van der Waals surface area (Å²) >= 11 is 0. The first-order chi connectivity index (χ1) is 13.1. The number of benzene rings is 1. The molecule has 0 bridgehead atoms. The van der Waals surface area contributed by atoms with Crippen LogP contribution >= 0.6 is 0 Å².